The van der Waals surface area contributed by atoms with Crippen LogP contribution in [-0.4, -0.2) is 24.5 Å². The minimum absolute atomic E-state index is 0.0315. The van der Waals surface area contributed by atoms with Gasteiger partial charge >= 0.3 is 0 Å². The number of hydrogen-bond donors (Lipinski definition) is 2. The molecule has 1 fully saturated rings. The Hall–Kier alpha value is -1.29. The molecule has 0 bridgehead atoms. The Morgan fingerprint density at radius 1 is 1.62 bits per heavy atom. The lowest BCUT2D eigenvalue weighted by atomic mass is 10.0. The summed E-state index contributed by atoms with van der Waals surface area (Å²) in [5.41, 5.74) is 0.615. The van der Waals surface area contributed by atoms with Crippen LogP contribution < -0.4 is 10.6 Å². The molecular weight excluding hydrogens is 204 g/mol. The first-order chi connectivity index (χ1) is 7.65. The van der Waals surface area contributed by atoms with Crippen molar-refractivity contribution in [3.63, 3.8) is 0 Å². The van der Waals surface area contributed by atoms with Gasteiger partial charge in [-0.15, -0.1) is 0 Å². The van der Waals surface area contributed by atoms with Crippen molar-refractivity contribution < 1.29 is 9.21 Å². The molecule has 0 aliphatic carbocycles. The van der Waals surface area contributed by atoms with Crippen LogP contribution in [-0.2, 0) is 0 Å². The number of piperidine rings is 1. The Bertz CT molecular complexity index is 373. The molecule has 0 radical (unpaired) electrons. The van der Waals surface area contributed by atoms with Gasteiger partial charge in [0.2, 0.25) is 0 Å². The molecule has 2 N–H and O–H groups in total. The molecule has 1 aliphatic heterocycles. The highest BCUT2D eigenvalue weighted by Gasteiger charge is 2.20. The average Bonchev–Trinajstić information content (AvgIpc) is 2.65. The number of nitrogens with one attached hydrogen (secondary N) is 2. The monoisotopic (exact) mass is 222 g/mol. The highest BCUT2D eigenvalue weighted by Crippen LogP contribution is 2.11. The van der Waals surface area contributed by atoms with Crippen molar-refractivity contribution in [1.29, 1.82) is 0 Å². The molecule has 2 unspecified atom stereocenters. The molecule has 1 aliphatic rings. The third kappa shape index (κ3) is 2.64. The van der Waals surface area contributed by atoms with Crippen LogP contribution in [0.2, 0.25) is 0 Å². The van der Waals surface area contributed by atoms with Crippen molar-refractivity contribution in [3.8, 4) is 0 Å². The maximum atomic E-state index is 11.8. The standard InChI is InChI=1S/C12H18N2O2/c1-8-5-11(3-4-13-8)14-12(15)10-6-9(2)16-7-10/h6-8,11,13H,3-5H2,1-2H3,(H,14,15). The van der Waals surface area contributed by atoms with E-state index in [0.717, 1.165) is 25.1 Å². The molecule has 0 saturated carbocycles. The fourth-order valence-electron chi connectivity index (χ4n) is 2.09. The van der Waals surface area contributed by atoms with Gasteiger partial charge in [0.15, 0.2) is 0 Å². The van der Waals surface area contributed by atoms with Crippen LogP contribution in [0.4, 0.5) is 0 Å². The van der Waals surface area contributed by atoms with Crippen LogP contribution in [0.5, 0.6) is 0 Å². The van der Waals surface area contributed by atoms with Gasteiger partial charge in [-0.3, -0.25) is 4.79 Å². The van der Waals surface area contributed by atoms with E-state index >= 15 is 0 Å². The van der Waals surface area contributed by atoms with E-state index in [1.165, 1.54) is 6.26 Å². The van der Waals surface area contributed by atoms with E-state index < -0.39 is 0 Å². The Morgan fingerprint density at radius 3 is 3.06 bits per heavy atom. The minimum atomic E-state index is -0.0315. The quantitative estimate of drug-likeness (QED) is 0.796. The second-order valence-electron chi connectivity index (χ2n) is 4.50. The second-order valence-corrected chi connectivity index (χ2v) is 4.50. The van der Waals surface area contributed by atoms with Crippen molar-refractivity contribution in [3.05, 3.63) is 23.7 Å². The predicted octanol–water partition coefficient (Wildman–Crippen LogP) is 1.46. The van der Waals surface area contributed by atoms with Gasteiger partial charge in [-0.2, -0.15) is 0 Å². The van der Waals surface area contributed by atoms with Crippen molar-refractivity contribution >= 4 is 5.91 Å². The molecular formula is C12H18N2O2. The summed E-state index contributed by atoms with van der Waals surface area (Å²) in [7, 11) is 0. The smallest absolute Gasteiger partial charge is 0.254 e. The topological polar surface area (TPSA) is 54.3 Å². The molecule has 1 amide bonds. The van der Waals surface area contributed by atoms with Gasteiger partial charge in [-0.25, -0.2) is 0 Å². The van der Waals surface area contributed by atoms with E-state index in [4.69, 9.17) is 4.42 Å². The molecule has 88 valence electrons. The summed E-state index contributed by atoms with van der Waals surface area (Å²) < 4.78 is 5.12. The zero-order valence-electron chi connectivity index (χ0n) is 9.75. The maximum Gasteiger partial charge on any atom is 0.254 e. The third-order valence-electron chi connectivity index (χ3n) is 2.95. The van der Waals surface area contributed by atoms with Gasteiger partial charge < -0.3 is 15.1 Å². The Balaban J connectivity index is 1.92. The van der Waals surface area contributed by atoms with Crippen LogP contribution in [0.1, 0.15) is 35.9 Å². The fourth-order valence-corrected chi connectivity index (χ4v) is 2.09. The van der Waals surface area contributed by atoms with Gasteiger partial charge in [0.1, 0.15) is 12.0 Å². The Labute approximate surface area is 95.4 Å². The number of carbonyl (C=O) groups is 1. The summed E-state index contributed by atoms with van der Waals surface area (Å²) in [5.74, 6) is 0.736. The predicted molar refractivity (Wildman–Crippen MR) is 61.4 cm³/mol. The number of rotatable bonds is 2. The van der Waals surface area contributed by atoms with E-state index in [9.17, 15) is 4.79 Å². The molecule has 1 aromatic heterocycles. The third-order valence-corrected chi connectivity index (χ3v) is 2.95. The van der Waals surface area contributed by atoms with E-state index in [1.807, 2.05) is 6.92 Å². The Kier molecular flexibility index (Phi) is 3.29. The van der Waals surface area contributed by atoms with Crippen molar-refractivity contribution in [2.75, 3.05) is 6.54 Å². The van der Waals surface area contributed by atoms with Gasteiger partial charge in [0, 0.05) is 12.1 Å². The second kappa shape index (κ2) is 4.70. The summed E-state index contributed by atoms with van der Waals surface area (Å²) in [6.45, 7) is 4.94. The molecule has 4 heteroatoms. The molecule has 0 spiro atoms. The molecule has 2 atom stereocenters. The number of carbonyl (C=O) groups excluding carboxylic acids is 1. The number of hydrogen-bond acceptors (Lipinski definition) is 3. The first-order valence-corrected chi connectivity index (χ1v) is 5.74. The molecule has 4 nitrogen and oxygen atoms in total. The minimum Gasteiger partial charge on any atom is -0.469 e. The van der Waals surface area contributed by atoms with Crippen molar-refractivity contribution in [2.24, 2.45) is 0 Å². The van der Waals surface area contributed by atoms with Crippen LogP contribution in [0.15, 0.2) is 16.7 Å². The van der Waals surface area contributed by atoms with Gasteiger partial charge in [-0.05, 0) is 39.3 Å². The fraction of sp³-hybridized carbons (Fsp3) is 0.583. The maximum absolute atomic E-state index is 11.8. The molecule has 1 saturated heterocycles. The zero-order chi connectivity index (χ0) is 11.5. The van der Waals surface area contributed by atoms with E-state index in [1.54, 1.807) is 6.07 Å². The first kappa shape index (κ1) is 11.2. The largest absolute Gasteiger partial charge is 0.469 e. The average molecular weight is 222 g/mol. The van der Waals surface area contributed by atoms with E-state index in [0.29, 0.717) is 11.6 Å². The van der Waals surface area contributed by atoms with Gasteiger partial charge in [0.25, 0.3) is 5.91 Å². The molecule has 2 rings (SSSR count). The summed E-state index contributed by atoms with van der Waals surface area (Å²) in [6, 6.07) is 2.52. The van der Waals surface area contributed by atoms with Crippen LogP contribution >= 0.6 is 0 Å². The van der Waals surface area contributed by atoms with Crippen LogP contribution in [0, 0.1) is 6.92 Å². The molecule has 1 aromatic rings. The summed E-state index contributed by atoms with van der Waals surface area (Å²) in [5, 5.41) is 6.40. The summed E-state index contributed by atoms with van der Waals surface area (Å²) in [4.78, 5) is 11.8. The van der Waals surface area contributed by atoms with E-state index in [2.05, 4.69) is 17.6 Å². The lowest BCUT2D eigenvalue weighted by Crippen LogP contribution is -2.46. The van der Waals surface area contributed by atoms with Gasteiger partial charge in [0.05, 0.1) is 5.56 Å². The summed E-state index contributed by atoms with van der Waals surface area (Å²) >= 11 is 0. The Morgan fingerprint density at radius 2 is 2.44 bits per heavy atom. The van der Waals surface area contributed by atoms with Crippen molar-refractivity contribution in [2.45, 2.75) is 38.8 Å². The molecule has 16 heavy (non-hydrogen) atoms. The van der Waals surface area contributed by atoms with Crippen LogP contribution in [0.3, 0.4) is 0 Å². The molecule has 2 heterocycles. The van der Waals surface area contributed by atoms with Gasteiger partial charge in [-0.1, -0.05) is 0 Å². The van der Waals surface area contributed by atoms with Crippen LogP contribution in [0.25, 0.3) is 0 Å². The normalized spacial score (nSPS) is 25.4. The molecule has 0 aromatic carbocycles. The number of amides is 1. The lowest BCUT2D eigenvalue weighted by Gasteiger charge is -2.28. The van der Waals surface area contributed by atoms with E-state index in [-0.39, 0.29) is 11.9 Å². The lowest BCUT2D eigenvalue weighted by molar-refractivity contribution is 0.0925. The summed E-state index contributed by atoms with van der Waals surface area (Å²) in [6.07, 6.45) is 3.49. The number of furan rings is 1. The highest BCUT2D eigenvalue weighted by molar-refractivity contribution is 5.94. The van der Waals surface area contributed by atoms with Crippen molar-refractivity contribution in [1.82, 2.24) is 10.6 Å². The SMILES string of the molecule is Cc1cc(C(=O)NC2CCNC(C)C2)co1. The zero-order valence-corrected chi connectivity index (χ0v) is 9.75. The first-order valence-electron chi connectivity index (χ1n) is 5.74. The highest BCUT2D eigenvalue weighted by atomic mass is 16.3. The number of aryl methyl sites for hydroxylation is 1.